The second-order valence-electron chi connectivity index (χ2n) is 5.46. The number of halogens is 1. The van der Waals surface area contributed by atoms with Crippen LogP contribution in [0.15, 0.2) is 18.2 Å². The van der Waals surface area contributed by atoms with Gasteiger partial charge in [-0.2, -0.15) is 0 Å². The third-order valence-electron chi connectivity index (χ3n) is 4.12. The van der Waals surface area contributed by atoms with Gasteiger partial charge in [0.1, 0.15) is 11.5 Å². The molecule has 0 amide bonds. The van der Waals surface area contributed by atoms with E-state index in [0.29, 0.717) is 16.8 Å². The largest absolute Gasteiger partial charge is 0.464 e. The van der Waals surface area contributed by atoms with Crippen molar-refractivity contribution < 1.29 is 9.53 Å². The Kier molecular flexibility index (Phi) is 3.87. The third kappa shape index (κ3) is 2.51. The molecule has 0 atom stereocenters. The Bertz CT molecular complexity index is 675. The fourth-order valence-corrected chi connectivity index (χ4v) is 3.16. The van der Waals surface area contributed by atoms with E-state index in [9.17, 15) is 4.79 Å². The van der Waals surface area contributed by atoms with Crippen molar-refractivity contribution >= 4 is 23.1 Å². The number of ether oxygens (including phenoxy) is 1. The monoisotopic (exact) mass is 307 g/mol. The van der Waals surface area contributed by atoms with Gasteiger partial charge in [-0.15, -0.1) is 0 Å². The number of imidazole rings is 1. The third-order valence-corrected chi connectivity index (χ3v) is 4.40. The average Bonchev–Trinajstić information content (AvgIpc) is 2.85. The van der Waals surface area contributed by atoms with E-state index in [0.717, 1.165) is 37.3 Å². The predicted octanol–water partition coefficient (Wildman–Crippen LogP) is 2.58. The summed E-state index contributed by atoms with van der Waals surface area (Å²) in [4.78, 5) is 18.8. The molecule has 1 fully saturated rings. The first kappa shape index (κ1) is 14.4. The number of methoxy groups -OCH3 is 1. The van der Waals surface area contributed by atoms with Gasteiger partial charge in [-0.1, -0.05) is 17.7 Å². The zero-order valence-corrected chi connectivity index (χ0v) is 12.9. The Hall–Kier alpha value is -1.59. The quantitative estimate of drug-likeness (QED) is 0.800. The molecule has 2 aromatic heterocycles. The van der Waals surface area contributed by atoms with E-state index in [4.69, 9.17) is 16.3 Å². The number of nitrogens with zero attached hydrogens (tertiary/aromatic N) is 3. The minimum Gasteiger partial charge on any atom is -0.464 e. The molecule has 21 heavy (non-hydrogen) atoms. The molecule has 5 nitrogen and oxygen atoms in total. The van der Waals surface area contributed by atoms with Crippen molar-refractivity contribution in [1.29, 1.82) is 0 Å². The normalized spacial score (nSPS) is 17.3. The van der Waals surface area contributed by atoms with E-state index in [1.54, 1.807) is 12.1 Å². The number of aromatic nitrogens is 2. The molecule has 0 N–H and O–H groups in total. The van der Waals surface area contributed by atoms with E-state index in [2.05, 4.69) is 16.9 Å². The number of carbonyl (C=O) groups excluding carboxylic acids is 1. The summed E-state index contributed by atoms with van der Waals surface area (Å²) in [6.45, 7) is 2.05. The highest BCUT2D eigenvalue weighted by Gasteiger charge is 2.26. The number of hydrogen-bond acceptors (Lipinski definition) is 4. The lowest BCUT2D eigenvalue weighted by Gasteiger charge is -2.28. The molecule has 0 unspecified atom stereocenters. The van der Waals surface area contributed by atoms with E-state index in [-0.39, 0.29) is 5.97 Å². The number of likely N-dealkylation sites (tertiary alicyclic amines) is 1. The van der Waals surface area contributed by atoms with Gasteiger partial charge < -0.3 is 9.64 Å². The van der Waals surface area contributed by atoms with Crippen LogP contribution in [0, 0.1) is 0 Å². The van der Waals surface area contributed by atoms with Crippen LogP contribution in [0.1, 0.15) is 35.1 Å². The van der Waals surface area contributed by atoms with Crippen LogP contribution < -0.4 is 0 Å². The molecule has 0 saturated carbocycles. The highest BCUT2D eigenvalue weighted by Crippen LogP contribution is 2.31. The Morgan fingerprint density at radius 2 is 2.10 bits per heavy atom. The zero-order chi connectivity index (χ0) is 15.0. The summed E-state index contributed by atoms with van der Waals surface area (Å²) in [5.74, 6) is 0.806. The molecule has 0 spiro atoms. The number of pyridine rings is 1. The Labute approximate surface area is 128 Å². The highest BCUT2D eigenvalue weighted by atomic mass is 35.5. The number of fused-ring (bicyclic) bond motifs is 1. The molecule has 112 valence electrons. The van der Waals surface area contributed by atoms with Gasteiger partial charge in [0.05, 0.1) is 12.6 Å². The molecule has 1 aliphatic rings. The summed E-state index contributed by atoms with van der Waals surface area (Å²) >= 11 is 6.25. The summed E-state index contributed by atoms with van der Waals surface area (Å²) in [6, 6.07) is 5.42. The summed E-state index contributed by atoms with van der Waals surface area (Å²) in [5, 5.41) is 0.440. The highest BCUT2D eigenvalue weighted by molar-refractivity contribution is 6.32. The van der Waals surface area contributed by atoms with E-state index in [1.807, 2.05) is 10.5 Å². The van der Waals surface area contributed by atoms with E-state index in [1.165, 1.54) is 7.11 Å². The molecule has 0 bridgehead atoms. The Morgan fingerprint density at radius 1 is 1.38 bits per heavy atom. The fourth-order valence-electron chi connectivity index (χ4n) is 2.93. The summed E-state index contributed by atoms with van der Waals surface area (Å²) in [6.07, 6.45) is 2.03. The average molecular weight is 308 g/mol. The molecule has 2 aromatic rings. The topological polar surface area (TPSA) is 46.8 Å². The van der Waals surface area contributed by atoms with E-state index < -0.39 is 0 Å². The van der Waals surface area contributed by atoms with Crippen molar-refractivity contribution in [3.8, 4) is 0 Å². The standard InChI is InChI=1S/C15H18ClN3O2/c1-18-8-6-10(7-9-18)14-17-13(16)11-4-3-5-12(19(11)14)15(20)21-2/h3-5,10H,6-9H2,1-2H3. The molecule has 0 radical (unpaired) electrons. The van der Waals surface area contributed by atoms with Crippen molar-refractivity contribution in [3.63, 3.8) is 0 Å². The van der Waals surface area contributed by atoms with E-state index >= 15 is 0 Å². The van der Waals surface area contributed by atoms with Crippen molar-refractivity contribution in [2.75, 3.05) is 27.2 Å². The number of hydrogen-bond donors (Lipinski definition) is 0. The first-order valence-corrected chi connectivity index (χ1v) is 7.43. The maximum atomic E-state index is 12.0. The van der Waals surface area contributed by atoms with Crippen LogP contribution in [0.4, 0.5) is 0 Å². The molecule has 0 aromatic carbocycles. The lowest BCUT2D eigenvalue weighted by atomic mass is 9.96. The molecular formula is C15H18ClN3O2. The SMILES string of the molecule is COC(=O)c1cccc2c(Cl)nc(C3CCN(C)CC3)n12. The minimum absolute atomic E-state index is 0.312. The van der Waals surface area contributed by atoms with Crippen LogP contribution in [-0.4, -0.2) is 47.5 Å². The molecule has 3 rings (SSSR count). The van der Waals surface area contributed by atoms with Crippen LogP contribution in [0.2, 0.25) is 5.15 Å². The minimum atomic E-state index is -0.371. The Morgan fingerprint density at radius 3 is 2.76 bits per heavy atom. The molecular weight excluding hydrogens is 290 g/mol. The van der Waals surface area contributed by atoms with Crippen molar-refractivity contribution in [3.05, 3.63) is 34.9 Å². The van der Waals surface area contributed by atoms with Gasteiger partial charge in [-0.25, -0.2) is 9.78 Å². The summed E-state index contributed by atoms with van der Waals surface area (Å²) < 4.78 is 6.73. The number of piperidine rings is 1. The maximum Gasteiger partial charge on any atom is 0.355 e. The van der Waals surface area contributed by atoms with Gasteiger partial charge in [0.15, 0.2) is 5.15 Å². The number of rotatable bonds is 2. The smallest absolute Gasteiger partial charge is 0.355 e. The van der Waals surface area contributed by atoms with Crippen molar-refractivity contribution in [2.24, 2.45) is 0 Å². The van der Waals surface area contributed by atoms with Crippen LogP contribution in [0.3, 0.4) is 0 Å². The fraction of sp³-hybridized carbons (Fsp3) is 0.467. The van der Waals surface area contributed by atoms with Crippen LogP contribution in [0.25, 0.3) is 5.52 Å². The molecule has 3 heterocycles. The van der Waals surface area contributed by atoms with Crippen LogP contribution in [0.5, 0.6) is 0 Å². The first-order valence-electron chi connectivity index (χ1n) is 7.05. The molecule has 0 aliphatic carbocycles. The van der Waals surface area contributed by atoms with Gasteiger partial charge in [0.25, 0.3) is 0 Å². The van der Waals surface area contributed by atoms with Gasteiger partial charge >= 0.3 is 5.97 Å². The maximum absolute atomic E-state index is 12.0. The number of esters is 1. The lowest BCUT2D eigenvalue weighted by Crippen LogP contribution is -2.30. The molecule has 1 aliphatic heterocycles. The van der Waals surface area contributed by atoms with Gasteiger partial charge in [-0.05, 0) is 45.1 Å². The molecule has 1 saturated heterocycles. The van der Waals surface area contributed by atoms with Crippen LogP contribution in [-0.2, 0) is 4.74 Å². The van der Waals surface area contributed by atoms with Gasteiger partial charge in [-0.3, -0.25) is 4.40 Å². The van der Waals surface area contributed by atoms with Crippen molar-refractivity contribution in [2.45, 2.75) is 18.8 Å². The number of carbonyl (C=O) groups is 1. The second-order valence-corrected chi connectivity index (χ2v) is 5.82. The second kappa shape index (κ2) is 5.66. The molecule has 6 heteroatoms. The Balaban J connectivity index is 2.12. The lowest BCUT2D eigenvalue weighted by molar-refractivity contribution is 0.0591. The summed E-state index contributed by atoms with van der Waals surface area (Å²) in [5.41, 5.74) is 1.23. The van der Waals surface area contributed by atoms with Gasteiger partial charge in [0, 0.05) is 5.92 Å². The summed E-state index contributed by atoms with van der Waals surface area (Å²) in [7, 11) is 3.50. The van der Waals surface area contributed by atoms with Crippen LogP contribution >= 0.6 is 11.6 Å². The first-order chi connectivity index (χ1) is 10.1. The predicted molar refractivity (Wildman–Crippen MR) is 81.0 cm³/mol. The van der Waals surface area contributed by atoms with Crippen molar-refractivity contribution in [1.82, 2.24) is 14.3 Å². The zero-order valence-electron chi connectivity index (χ0n) is 12.2. The van der Waals surface area contributed by atoms with Gasteiger partial charge in [0.2, 0.25) is 0 Å².